The SMILES string of the molecule is CCC(COC)NS(=O)(=O)c1c(C)nn(CCO)c1C. The van der Waals surface area contributed by atoms with E-state index in [1.54, 1.807) is 13.8 Å². The smallest absolute Gasteiger partial charge is 0.244 e. The van der Waals surface area contributed by atoms with Crippen LogP contribution in [0.1, 0.15) is 24.7 Å². The lowest BCUT2D eigenvalue weighted by Gasteiger charge is -2.16. The first-order chi connectivity index (χ1) is 9.37. The van der Waals surface area contributed by atoms with Gasteiger partial charge in [0.1, 0.15) is 4.90 Å². The molecule has 0 spiro atoms. The van der Waals surface area contributed by atoms with Crippen LogP contribution < -0.4 is 4.72 Å². The zero-order chi connectivity index (χ0) is 15.3. The number of nitrogens with zero attached hydrogens (tertiary/aromatic N) is 2. The van der Waals surface area contributed by atoms with Crippen molar-refractivity contribution >= 4 is 10.0 Å². The lowest BCUT2D eigenvalue weighted by molar-refractivity contribution is 0.173. The van der Waals surface area contributed by atoms with E-state index in [1.165, 1.54) is 11.8 Å². The number of aliphatic hydroxyl groups excluding tert-OH is 1. The van der Waals surface area contributed by atoms with Crippen molar-refractivity contribution < 1.29 is 18.3 Å². The van der Waals surface area contributed by atoms with Crippen molar-refractivity contribution in [3.63, 3.8) is 0 Å². The summed E-state index contributed by atoms with van der Waals surface area (Å²) in [6.07, 6.45) is 0.635. The van der Waals surface area contributed by atoms with Crippen LogP contribution in [0.25, 0.3) is 0 Å². The molecule has 1 unspecified atom stereocenters. The predicted molar refractivity (Wildman–Crippen MR) is 75.1 cm³/mol. The van der Waals surface area contributed by atoms with Crippen molar-refractivity contribution in [1.29, 1.82) is 0 Å². The lowest BCUT2D eigenvalue weighted by Crippen LogP contribution is -2.37. The molecule has 1 aromatic heterocycles. The monoisotopic (exact) mass is 305 g/mol. The minimum atomic E-state index is -3.65. The number of methoxy groups -OCH3 is 1. The molecule has 1 atom stereocenters. The van der Waals surface area contributed by atoms with Crippen LogP contribution in [0, 0.1) is 13.8 Å². The van der Waals surface area contributed by atoms with Gasteiger partial charge in [0.15, 0.2) is 0 Å². The molecule has 1 aromatic rings. The summed E-state index contributed by atoms with van der Waals surface area (Å²) < 4.78 is 34.0. The van der Waals surface area contributed by atoms with Gasteiger partial charge in [-0.1, -0.05) is 6.92 Å². The Morgan fingerprint density at radius 2 is 2.10 bits per heavy atom. The average Bonchev–Trinajstić information content (AvgIpc) is 2.64. The third-order valence-electron chi connectivity index (χ3n) is 3.08. The molecule has 0 aliphatic carbocycles. The van der Waals surface area contributed by atoms with Crippen LogP contribution in [0.3, 0.4) is 0 Å². The summed E-state index contributed by atoms with van der Waals surface area (Å²) in [6.45, 7) is 5.72. The van der Waals surface area contributed by atoms with Crippen LogP contribution in [0.2, 0.25) is 0 Å². The van der Waals surface area contributed by atoms with Crippen LogP contribution in [0.4, 0.5) is 0 Å². The number of hydrogen-bond donors (Lipinski definition) is 2. The first-order valence-electron chi connectivity index (χ1n) is 6.53. The van der Waals surface area contributed by atoms with Crippen LogP contribution >= 0.6 is 0 Å². The zero-order valence-electron chi connectivity index (χ0n) is 12.4. The van der Waals surface area contributed by atoms with Crippen molar-refractivity contribution in [1.82, 2.24) is 14.5 Å². The molecule has 7 nitrogen and oxygen atoms in total. The van der Waals surface area contributed by atoms with E-state index in [0.29, 0.717) is 24.4 Å². The number of aromatic nitrogens is 2. The summed E-state index contributed by atoms with van der Waals surface area (Å²) in [7, 11) is -2.11. The van der Waals surface area contributed by atoms with E-state index in [0.717, 1.165) is 0 Å². The summed E-state index contributed by atoms with van der Waals surface area (Å²) in [6, 6.07) is -0.273. The van der Waals surface area contributed by atoms with Gasteiger partial charge in [-0.2, -0.15) is 5.10 Å². The van der Waals surface area contributed by atoms with Crippen molar-refractivity contribution in [3.8, 4) is 0 Å². The highest BCUT2D eigenvalue weighted by atomic mass is 32.2. The van der Waals surface area contributed by atoms with E-state index in [2.05, 4.69) is 9.82 Å². The summed E-state index contributed by atoms with van der Waals surface area (Å²) in [5.74, 6) is 0. The molecule has 0 fully saturated rings. The van der Waals surface area contributed by atoms with Gasteiger partial charge in [0.05, 0.1) is 31.1 Å². The second kappa shape index (κ2) is 7.16. The molecule has 0 aromatic carbocycles. The number of ether oxygens (including phenoxy) is 1. The van der Waals surface area contributed by atoms with E-state index in [-0.39, 0.29) is 24.1 Å². The average molecular weight is 305 g/mol. The van der Waals surface area contributed by atoms with Gasteiger partial charge >= 0.3 is 0 Å². The van der Waals surface area contributed by atoms with E-state index in [9.17, 15) is 8.42 Å². The van der Waals surface area contributed by atoms with Crippen LogP contribution in [0.5, 0.6) is 0 Å². The van der Waals surface area contributed by atoms with Gasteiger partial charge < -0.3 is 9.84 Å². The Labute approximate surface area is 120 Å². The molecule has 8 heteroatoms. The Morgan fingerprint density at radius 3 is 2.60 bits per heavy atom. The second-order valence-electron chi connectivity index (χ2n) is 4.63. The third-order valence-corrected chi connectivity index (χ3v) is 4.85. The molecule has 0 radical (unpaired) electrons. The van der Waals surface area contributed by atoms with Gasteiger partial charge in [0.2, 0.25) is 10.0 Å². The fourth-order valence-corrected chi connectivity index (χ4v) is 3.81. The largest absolute Gasteiger partial charge is 0.394 e. The minimum Gasteiger partial charge on any atom is -0.394 e. The van der Waals surface area contributed by atoms with Crippen LogP contribution in [-0.2, 0) is 21.3 Å². The Balaban J connectivity index is 3.09. The summed E-state index contributed by atoms with van der Waals surface area (Å²) in [5, 5.41) is 13.1. The maximum atomic E-state index is 12.5. The highest BCUT2D eigenvalue weighted by Gasteiger charge is 2.26. The molecule has 0 saturated heterocycles. The lowest BCUT2D eigenvalue weighted by atomic mass is 10.3. The van der Waals surface area contributed by atoms with E-state index >= 15 is 0 Å². The van der Waals surface area contributed by atoms with Crippen molar-refractivity contribution in [2.45, 2.75) is 44.7 Å². The van der Waals surface area contributed by atoms with Gasteiger partial charge in [0.25, 0.3) is 0 Å². The quantitative estimate of drug-likeness (QED) is 0.715. The Kier molecular flexibility index (Phi) is 6.12. The van der Waals surface area contributed by atoms with Crippen molar-refractivity contribution in [3.05, 3.63) is 11.4 Å². The first-order valence-corrected chi connectivity index (χ1v) is 8.01. The molecular formula is C12H23N3O4S. The summed E-state index contributed by atoms with van der Waals surface area (Å²) in [4.78, 5) is 0.181. The second-order valence-corrected chi connectivity index (χ2v) is 6.28. The standard InChI is InChI=1S/C12H23N3O4S/c1-5-11(8-19-4)14-20(17,18)12-9(2)13-15(6-7-16)10(12)3/h11,14,16H,5-8H2,1-4H3. The van der Waals surface area contributed by atoms with E-state index < -0.39 is 10.0 Å². The maximum absolute atomic E-state index is 12.5. The third kappa shape index (κ3) is 3.78. The van der Waals surface area contributed by atoms with E-state index in [1.807, 2.05) is 6.92 Å². The van der Waals surface area contributed by atoms with Gasteiger partial charge in [-0.15, -0.1) is 0 Å². The van der Waals surface area contributed by atoms with Gasteiger partial charge in [-0.05, 0) is 20.3 Å². The molecule has 0 aliphatic heterocycles. The fraction of sp³-hybridized carbons (Fsp3) is 0.750. The highest BCUT2D eigenvalue weighted by Crippen LogP contribution is 2.19. The van der Waals surface area contributed by atoms with Gasteiger partial charge in [-0.25, -0.2) is 13.1 Å². The molecule has 1 heterocycles. The summed E-state index contributed by atoms with van der Waals surface area (Å²) in [5.41, 5.74) is 0.951. The van der Waals surface area contributed by atoms with Crippen LogP contribution in [-0.4, -0.2) is 49.7 Å². The van der Waals surface area contributed by atoms with Crippen LogP contribution in [0.15, 0.2) is 4.90 Å². The number of sulfonamides is 1. The molecule has 2 N–H and O–H groups in total. The molecule has 1 rings (SSSR count). The van der Waals surface area contributed by atoms with Gasteiger partial charge in [-0.3, -0.25) is 4.68 Å². The molecule has 0 amide bonds. The fourth-order valence-electron chi connectivity index (χ4n) is 2.10. The maximum Gasteiger partial charge on any atom is 0.244 e. The molecule has 116 valence electrons. The minimum absolute atomic E-state index is 0.0872. The summed E-state index contributed by atoms with van der Waals surface area (Å²) >= 11 is 0. The molecular weight excluding hydrogens is 282 g/mol. The van der Waals surface area contributed by atoms with E-state index in [4.69, 9.17) is 9.84 Å². The molecule has 20 heavy (non-hydrogen) atoms. The normalized spacial score (nSPS) is 13.7. The topological polar surface area (TPSA) is 93.5 Å². The zero-order valence-corrected chi connectivity index (χ0v) is 13.2. The number of rotatable bonds is 8. The number of aryl methyl sites for hydroxylation is 1. The predicted octanol–water partition coefficient (Wildman–Crippen LogP) is 0.196. The Bertz CT molecular complexity index is 539. The number of hydrogen-bond acceptors (Lipinski definition) is 5. The first kappa shape index (κ1) is 17.1. The number of aliphatic hydroxyl groups is 1. The molecule has 0 aliphatic rings. The van der Waals surface area contributed by atoms with Gasteiger partial charge in [0, 0.05) is 13.2 Å². The van der Waals surface area contributed by atoms with Crippen molar-refractivity contribution in [2.24, 2.45) is 0 Å². The molecule has 0 saturated carbocycles. The Hall–Kier alpha value is -0.960. The molecule has 0 bridgehead atoms. The Morgan fingerprint density at radius 1 is 1.45 bits per heavy atom. The van der Waals surface area contributed by atoms with Crippen molar-refractivity contribution in [2.75, 3.05) is 20.3 Å². The highest BCUT2D eigenvalue weighted by molar-refractivity contribution is 7.89. The number of nitrogens with one attached hydrogen (secondary N) is 1.